The fourth-order valence-corrected chi connectivity index (χ4v) is 2.78. The highest BCUT2D eigenvalue weighted by Crippen LogP contribution is 2.37. The van der Waals surface area contributed by atoms with E-state index < -0.39 is 23.6 Å². The maximum Gasteiger partial charge on any atom is 0.435 e. The molecule has 3 nitrogen and oxygen atoms in total. The number of nitrogen functional groups attached to an aromatic ring is 1. The molecule has 0 aliphatic heterocycles. The molecule has 0 atom stereocenters. The minimum atomic E-state index is -4.75. The lowest BCUT2D eigenvalue weighted by Gasteiger charge is -2.09. The minimum Gasteiger partial charge on any atom is -0.399 e. The van der Waals surface area contributed by atoms with Gasteiger partial charge in [-0.2, -0.15) is 31.4 Å². The lowest BCUT2D eigenvalue weighted by atomic mass is 10.0. The van der Waals surface area contributed by atoms with E-state index in [2.05, 4.69) is 5.10 Å². The lowest BCUT2D eigenvalue weighted by Crippen LogP contribution is -2.09. The fourth-order valence-electron chi connectivity index (χ4n) is 2.78. The van der Waals surface area contributed by atoms with E-state index in [0.29, 0.717) is 11.3 Å². The number of halogens is 6. The zero-order chi connectivity index (χ0) is 20.7. The van der Waals surface area contributed by atoms with Gasteiger partial charge in [-0.25, -0.2) is 0 Å². The number of hydrogen-bond acceptors (Lipinski definition) is 2. The average Bonchev–Trinajstić information content (AvgIpc) is 3.02. The molecule has 0 saturated carbocycles. The Morgan fingerprint density at radius 2 is 1.57 bits per heavy atom. The van der Waals surface area contributed by atoms with Gasteiger partial charge in [0, 0.05) is 17.4 Å². The molecule has 3 aromatic rings. The van der Waals surface area contributed by atoms with Crippen molar-refractivity contribution in [2.45, 2.75) is 25.8 Å². The molecule has 0 fully saturated rings. The topological polar surface area (TPSA) is 43.8 Å². The molecule has 2 N–H and O–H groups in total. The third-order valence-electron chi connectivity index (χ3n) is 4.23. The van der Waals surface area contributed by atoms with Crippen LogP contribution in [0.4, 0.5) is 32.0 Å². The number of nitrogens with zero attached hydrogens (tertiary/aromatic N) is 2. The van der Waals surface area contributed by atoms with Crippen molar-refractivity contribution >= 4 is 5.69 Å². The van der Waals surface area contributed by atoms with Crippen molar-refractivity contribution in [2.24, 2.45) is 0 Å². The van der Waals surface area contributed by atoms with Gasteiger partial charge in [0.1, 0.15) is 0 Å². The quantitative estimate of drug-likeness (QED) is 0.465. The van der Waals surface area contributed by atoms with Gasteiger partial charge < -0.3 is 5.73 Å². The molecule has 0 saturated heterocycles. The number of anilines is 1. The first kappa shape index (κ1) is 19.8. The summed E-state index contributed by atoms with van der Waals surface area (Å²) in [5, 5.41) is 3.61. The summed E-state index contributed by atoms with van der Waals surface area (Å²) in [6.45, 7) is 1.83. The number of rotatable bonds is 3. The molecule has 9 heteroatoms. The van der Waals surface area contributed by atoms with Crippen LogP contribution in [0.5, 0.6) is 0 Å². The van der Waals surface area contributed by atoms with E-state index in [4.69, 9.17) is 5.73 Å². The van der Waals surface area contributed by atoms with Crippen LogP contribution < -0.4 is 5.73 Å². The Morgan fingerprint density at radius 1 is 0.929 bits per heavy atom. The summed E-state index contributed by atoms with van der Waals surface area (Å²) in [5.74, 6) is 0. The van der Waals surface area contributed by atoms with Crippen LogP contribution in [0.2, 0.25) is 0 Å². The Kier molecular flexibility index (Phi) is 4.86. The van der Waals surface area contributed by atoms with Crippen LogP contribution in [0.15, 0.2) is 48.7 Å². The molecule has 0 amide bonds. The second kappa shape index (κ2) is 6.88. The zero-order valence-corrected chi connectivity index (χ0v) is 14.6. The van der Waals surface area contributed by atoms with Crippen LogP contribution >= 0.6 is 0 Å². The third kappa shape index (κ3) is 4.13. The maximum absolute atomic E-state index is 13.4. The van der Waals surface area contributed by atoms with Gasteiger partial charge in [-0.3, -0.25) is 4.68 Å². The largest absolute Gasteiger partial charge is 0.435 e. The average molecular weight is 399 g/mol. The van der Waals surface area contributed by atoms with E-state index in [1.54, 1.807) is 25.1 Å². The standard InChI is InChI=1S/C19H15F6N3/c1-11-8-12(2-7-16(11)26)9-28-10-15(17(27-28)19(23,24)25)13-3-5-14(6-4-13)18(20,21)22/h2-8,10H,9,26H2,1H3. The maximum atomic E-state index is 13.4. The van der Waals surface area contributed by atoms with Gasteiger partial charge >= 0.3 is 12.4 Å². The Balaban J connectivity index is 1.99. The number of hydrogen-bond donors (Lipinski definition) is 1. The summed E-state index contributed by atoms with van der Waals surface area (Å²) >= 11 is 0. The van der Waals surface area contributed by atoms with Crippen LogP contribution in [-0.2, 0) is 18.9 Å². The molecule has 0 spiro atoms. The molecule has 148 valence electrons. The van der Waals surface area contributed by atoms with Crippen molar-refractivity contribution in [1.29, 1.82) is 0 Å². The van der Waals surface area contributed by atoms with Gasteiger partial charge in [-0.15, -0.1) is 0 Å². The molecule has 0 unspecified atom stereocenters. The van der Waals surface area contributed by atoms with Crippen molar-refractivity contribution in [1.82, 2.24) is 9.78 Å². The van der Waals surface area contributed by atoms with Crippen LogP contribution in [-0.4, -0.2) is 9.78 Å². The SMILES string of the molecule is Cc1cc(Cn2cc(-c3ccc(C(F)(F)F)cc3)c(C(F)(F)F)n2)ccc1N. The normalized spacial score (nSPS) is 12.4. The zero-order valence-electron chi connectivity index (χ0n) is 14.6. The summed E-state index contributed by atoms with van der Waals surface area (Å²) in [4.78, 5) is 0. The predicted octanol–water partition coefficient (Wildman–Crippen LogP) is 5.53. The smallest absolute Gasteiger partial charge is 0.399 e. The van der Waals surface area contributed by atoms with Crippen molar-refractivity contribution in [2.75, 3.05) is 5.73 Å². The van der Waals surface area contributed by atoms with Gasteiger partial charge in [0.25, 0.3) is 0 Å². The van der Waals surface area contributed by atoms with Gasteiger partial charge in [0.05, 0.1) is 12.1 Å². The highest BCUT2D eigenvalue weighted by atomic mass is 19.4. The lowest BCUT2D eigenvalue weighted by molar-refractivity contribution is -0.141. The number of aromatic nitrogens is 2. The Hall–Kier alpha value is -2.97. The summed E-state index contributed by atoms with van der Waals surface area (Å²) in [6, 6.07) is 8.57. The van der Waals surface area contributed by atoms with E-state index in [1.165, 1.54) is 6.20 Å². The first-order valence-electron chi connectivity index (χ1n) is 8.12. The number of alkyl halides is 6. The minimum absolute atomic E-state index is 0.0000571. The molecule has 2 aromatic carbocycles. The van der Waals surface area contributed by atoms with Crippen molar-refractivity contribution in [3.8, 4) is 11.1 Å². The van der Waals surface area contributed by atoms with E-state index in [-0.39, 0.29) is 17.7 Å². The molecule has 0 aliphatic rings. The second-order valence-electron chi connectivity index (χ2n) is 6.35. The van der Waals surface area contributed by atoms with Crippen LogP contribution in [0, 0.1) is 6.92 Å². The second-order valence-corrected chi connectivity index (χ2v) is 6.35. The number of nitrogens with two attached hydrogens (primary N) is 1. The first-order valence-corrected chi connectivity index (χ1v) is 8.12. The Bertz CT molecular complexity index is 984. The molecule has 0 bridgehead atoms. The number of benzene rings is 2. The van der Waals surface area contributed by atoms with Gasteiger partial charge in [0.15, 0.2) is 5.69 Å². The van der Waals surface area contributed by atoms with Crippen molar-refractivity contribution < 1.29 is 26.3 Å². The molecule has 3 rings (SSSR count). The number of aryl methyl sites for hydroxylation is 1. The van der Waals surface area contributed by atoms with E-state index >= 15 is 0 Å². The van der Waals surface area contributed by atoms with Gasteiger partial charge in [-0.05, 0) is 41.8 Å². The Morgan fingerprint density at radius 3 is 2.11 bits per heavy atom. The summed E-state index contributed by atoms with van der Waals surface area (Å²) < 4.78 is 79.4. The monoisotopic (exact) mass is 399 g/mol. The third-order valence-corrected chi connectivity index (χ3v) is 4.23. The van der Waals surface area contributed by atoms with Gasteiger partial charge in [0.2, 0.25) is 0 Å². The summed E-state index contributed by atoms with van der Waals surface area (Å²) in [6.07, 6.45) is -8.14. The Labute approximate surface area is 156 Å². The molecule has 28 heavy (non-hydrogen) atoms. The van der Waals surface area contributed by atoms with E-state index in [1.807, 2.05) is 0 Å². The predicted molar refractivity (Wildman–Crippen MR) is 92.4 cm³/mol. The van der Waals surface area contributed by atoms with Crippen molar-refractivity contribution in [3.63, 3.8) is 0 Å². The highest BCUT2D eigenvalue weighted by Gasteiger charge is 2.38. The molecule has 1 aromatic heterocycles. The first-order chi connectivity index (χ1) is 12.9. The van der Waals surface area contributed by atoms with Crippen LogP contribution in [0.1, 0.15) is 22.4 Å². The molecule has 1 heterocycles. The van der Waals surface area contributed by atoms with Crippen molar-refractivity contribution in [3.05, 3.63) is 71.0 Å². The van der Waals surface area contributed by atoms with Crippen LogP contribution in [0.3, 0.4) is 0 Å². The molecular formula is C19H15F6N3. The van der Waals surface area contributed by atoms with E-state index in [9.17, 15) is 26.3 Å². The molecule has 0 radical (unpaired) electrons. The summed E-state index contributed by atoms with van der Waals surface area (Å²) in [5.41, 5.74) is 5.40. The van der Waals surface area contributed by atoms with Crippen LogP contribution in [0.25, 0.3) is 11.1 Å². The molecular weight excluding hydrogens is 384 g/mol. The molecule has 0 aliphatic carbocycles. The fraction of sp³-hybridized carbons (Fsp3) is 0.211. The summed E-state index contributed by atoms with van der Waals surface area (Å²) in [7, 11) is 0. The van der Waals surface area contributed by atoms with E-state index in [0.717, 1.165) is 34.5 Å². The van der Waals surface area contributed by atoms with Gasteiger partial charge in [-0.1, -0.05) is 24.3 Å². The highest BCUT2D eigenvalue weighted by molar-refractivity contribution is 5.66.